The van der Waals surface area contributed by atoms with Crippen molar-refractivity contribution in [2.75, 3.05) is 7.11 Å². The average Bonchev–Trinajstić information content (AvgIpc) is 3.26. The highest BCUT2D eigenvalue weighted by molar-refractivity contribution is 7.16. The van der Waals surface area contributed by atoms with Gasteiger partial charge in [-0.25, -0.2) is 4.98 Å². The first kappa shape index (κ1) is 15.8. The third kappa shape index (κ3) is 2.60. The molecule has 0 aliphatic rings. The van der Waals surface area contributed by atoms with E-state index < -0.39 is 0 Å². The fourth-order valence-electron chi connectivity index (χ4n) is 3.15. The number of nitrogens with zero attached hydrogens (tertiary/aromatic N) is 3. The normalized spacial score (nSPS) is 11.3. The molecule has 3 aromatic heterocycles. The highest BCUT2D eigenvalue weighted by Crippen LogP contribution is 2.30. The van der Waals surface area contributed by atoms with Gasteiger partial charge in [0.05, 0.1) is 23.0 Å². The van der Waals surface area contributed by atoms with Crippen molar-refractivity contribution < 1.29 is 4.74 Å². The van der Waals surface area contributed by atoms with E-state index in [0.717, 1.165) is 32.8 Å². The van der Waals surface area contributed by atoms with E-state index >= 15 is 0 Å². The molecular weight excluding hydrogens is 360 g/mol. The lowest BCUT2D eigenvalue weighted by Gasteiger charge is -2.09. The van der Waals surface area contributed by atoms with Gasteiger partial charge in [0.25, 0.3) is 0 Å². The number of nitrogens with one attached hydrogen (secondary N) is 1. The van der Waals surface area contributed by atoms with Gasteiger partial charge in [-0.2, -0.15) is 4.98 Å². The molecule has 3 heterocycles. The fourth-order valence-corrected chi connectivity index (χ4v) is 3.92. The molecule has 6 nitrogen and oxygen atoms in total. The molecule has 1 N–H and O–H groups in total. The van der Waals surface area contributed by atoms with Gasteiger partial charge in [0, 0.05) is 11.6 Å². The quantitative estimate of drug-likeness (QED) is 0.518. The number of aromatic nitrogens is 4. The summed E-state index contributed by atoms with van der Waals surface area (Å²) in [6.45, 7) is 0. The number of methoxy groups -OCH3 is 1. The van der Waals surface area contributed by atoms with Crippen molar-refractivity contribution in [3.05, 3.63) is 70.3 Å². The minimum Gasteiger partial charge on any atom is -0.481 e. The standard InChI is InChI=1S/C20H14N4O2S/c1-26-17-10-9-15-19(23-17)24(18(21-15)12-5-3-2-4-6-12)13-7-8-14-16(11-13)27-20(25)22-14/h2-11H,1H3,(H,22,25). The summed E-state index contributed by atoms with van der Waals surface area (Å²) in [5.74, 6) is 1.31. The van der Waals surface area contributed by atoms with Crippen LogP contribution in [-0.4, -0.2) is 26.6 Å². The predicted octanol–water partition coefficient (Wildman–Crippen LogP) is 4.00. The zero-order valence-electron chi connectivity index (χ0n) is 14.3. The maximum atomic E-state index is 11.7. The highest BCUT2D eigenvalue weighted by Gasteiger charge is 2.17. The first-order valence-corrected chi connectivity index (χ1v) is 9.17. The molecule has 2 aromatic carbocycles. The molecule has 0 unspecified atom stereocenters. The molecule has 5 rings (SSSR count). The molecule has 5 aromatic rings. The Labute approximate surface area is 157 Å². The topological polar surface area (TPSA) is 72.8 Å². The molecular formula is C20H14N4O2S. The van der Waals surface area contributed by atoms with E-state index in [2.05, 4.69) is 9.97 Å². The number of imidazole rings is 1. The summed E-state index contributed by atoms with van der Waals surface area (Å²) in [5, 5.41) is 0. The van der Waals surface area contributed by atoms with Crippen LogP contribution in [0, 0.1) is 0 Å². The Hall–Kier alpha value is -3.45. The van der Waals surface area contributed by atoms with Crippen LogP contribution < -0.4 is 9.61 Å². The largest absolute Gasteiger partial charge is 0.481 e. The van der Waals surface area contributed by atoms with Crippen LogP contribution in [0.15, 0.2) is 65.5 Å². The maximum absolute atomic E-state index is 11.7. The number of fused-ring (bicyclic) bond motifs is 2. The van der Waals surface area contributed by atoms with Crippen LogP contribution in [0.25, 0.3) is 38.5 Å². The number of hydrogen-bond acceptors (Lipinski definition) is 5. The Morgan fingerprint density at radius 2 is 1.89 bits per heavy atom. The fraction of sp³-hybridized carbons (Fsp3) is 0.0500. The molecule has 27 heavy (non-hydrogen) atoms. The number of thiazole rings is 1. The van der Waals surface area contributed by atoms with Crippen molar-refractivity contribution >= 4 is 32.7 Å². The number of aromatic amines is 1. The van der Waals surface area contributed by atoms with E-state index in [4.69, 9.17) is 9.72 Å². The number of hydrogen-bond donors (Lipinski definition) is 1. The Morgan fingerprint density at radius 1 is 1.04 bits per heavy atom. The lowest BCUT2D eigenvalue weighted by atomic mass is 10.2. The first-order chi connectivity index (χ1) is 13.2. The Morgan fingerprint density at radius 3 is 2.70 bits per heavy atom. The number of benzene rings is 2. The lowest BCUT2D eigenvalue weighted by molar-refractivity contribution is 0.399. The van der Waals surface area contributed by atoms with Crippen LogP contribution in [0.4, 0.5) is 0 Å². The van der Waals surface area contributed by atoms with Crippen LogP contribution in [-0.2, 0) is 0 Å². The van der Waals surface area contributed by atoms with Gasteiger partial charge in [0.1, 0.15) is 11.3 Å². The smallest absolute Gasteiger partial charge is 0.305 e. The summed E-state index contributed by atoms with van der Waals surface area (Å²) >= 11 is 1.19. The van der Waals surface area contributed by atoms with E-state index in [1.54, 1.807) is 13.2 Å². The van der Waals surface area contributed by atoms with Crippen LogP contribution in [0.5, 0.6) is 5.88 Å². The average molecular weight is 374 g/mol. The van der Waals surface area contributed by atoms with E-state index in [9.17, 15) is 4.79 Å². The van der Waals surface area contributed by atoms with Gasteiger partial charge in [-0.3, -0.25) is 9.36 Å². The summed E-state index contributed by atoms with van der Waals surface area (Å²) < 4.78 is 8.19. The molecule has 0 aliphatic carbocycles. The number of ether oxygens (including phenoxy) is 1. The zero-order chi connectivity index (χ0) is 18.4. The van der Waals surface area contributed by atoms with Crippen LogP contribution in [0.2, 0.25) is 0 Å². The van der Waals surface area contributed by atoms with Crippen molar-refractivity contribution in [3.8, 4) is 23.0 Å². The molecule has 0 atom stereocenters. The highest BCUT2D eigenvalue weighted by atomic mass is 32.1. The molecule has 0 saturated carbocycles. The van der Waals surface area contributed by atoms with Gasteiger partial charge in [0.15, 0.2) is 5.65 Å². The molecule has 0 bridgehead atoms. The Kier molecular flexibility index (Phi) is 3.54. The van der Waals surface area contributed by atoms with Crippen molar-refractivity contribution in [2.45, 2.75) is 0 Å². The van der Waals surface area contributed by atoms with Crippen molar-refractivity contribution in [1.29, 1.82) is 0 Å². The van der Waals surface area contributed by atoms with Crippen LogP contribution >= 0.6 is 11.3 Å². The molecule has 0 aliphatic heterocycles. The van der Waals surface area contributed by atoms with E-state index in [1.165, 1.54) is 11.3 Å². The number of H-pyrrole nitrogens is 1. The molecule has 0 saturated heterocycles. The third-order valence-corrected chi connectivity index (χ3v) is 5.23. The summed E-state index contributed by atoms with van der Waals surface area (Å²) in [4.78, 5) is 23.9. The van der Waals surface area contributed by atoms with Gasteiger partial charge in [0.2, 0.25) is 5.88 Å². The summed E-state index contributed by atoms with van der Waals surface area (Å²) in [6, 6.07) is 19.5. The molecule has 0 radical (unpaired) electrons. The summed E-state index contributed by atoms with van der Waals surface area (Å²) in [7, 11) is 1.59. The second-order valence-corrected chi connectivity index (χ2v) is 7.04. The second kappa shape index (κ2) is 6.07. The van der Waals surface area contributed by atoms with Crippen molar-refractivity contribution in [3.63, 3.8) is 0 Å². The molecule has 7 heteroatoms. The summed E-state index contributed by atoms with van der Waals surface area (Å²) in [5.41, 5.74) is 4.18. The van der Waals surface area contributed by atoms with Gasteiger partial charge < -0.3 is 9.72 Å². The SMILES string of the molecule is COc1ccc2nc(-c3ccccc3)n(-c3ccc4[nH]c(=O)sc4c3)c2n1. The maximum Gasteiger partial charge on any atom is 0.305 e. The molecule has 0 spiro atoms. The Balaban J connectivity index is 1.85. The third-order valence-electron chi connectivity index (χ3n) is 4.38. The van der Waals surface area contributed by atoms with E-state index in [1.807, 2.05) is 59.2 Å². The minimum atomic E-state index is -0.0688. The van der Waals surface area contributed by atoms with Crippen molar-refractivity contribution in [2.24, 2.45) is 0 Å². The molecule has 0 amide bonds. The molecule has 0 fully saturated rings. The first-order valence-electron chi connectivity index (χ1n) is 8.35. The zero-order valence-corrected chi connectivity index (χ0v) is 15.2. The van der Waals surface area contributed by atoms with Crippen molar-refractivity contribution in [1.82, 2.24) is 19.5 Å². The molecule has 132 valence electrons. The summed E-state index contributed by atoms with van der Waals surface area (Å²) in [6.07, 6.45) is 0. The number of rotatable bonds is 3. The monoisotopic (exact) mass is 374 g/mol. The Bertz CT molecular complexity index is 1330. The van der Waals surface area contributed by atoms with Crippen LogP contribution in [0.3, 0.4) is 0 Å². The van der Waals surface area contributed by atoms with Crippen LogP contribution in [0.1, 0.15) is 0 Å². The predicted molar refractivity (Wildman–Crippen MR) is 107 cm³/mol. The van der Waals surface area contributed by atoms with Gasteiger partial charge in [-0.15, -0.1) is 0 Å². The van der Waals surface area contributed by atoms with Gasteiger partial charge in [-0.05, 0) is 24.3 Å². The minimum absolute atomic E-state index is 0.0688. The number of pyridine rings is 1. The van der Waals surface area contributed by atoms with E-state index in [0.29, 0.717) is 11.5 Å². The van der Waals surface area contributed by atoms with E-state index in [-0.39, 0.29) is 4.87 Å². The van der Waals surface area contributed by atoms with Gasteiger partial charge in [-0.1, -0.05) is 41.7 Å². The lowest BCUT2D eigenvalue weighted by Crippen LogP contribution is -1.99. The van der Waals surface area contributed by atoms with Gasteiger partial charge >= 0.3 is 4.87 Å². The second-order valence-electron chi connectivity index (χ2n) is 6.03.